The second-order valence-electron chi connectivity index (χ2n) is 9.33. The minimum atomic E-state index is -3.80. The van der Waals surface area contributed by atoms with Gasteiger partial charge in [0.05, 0.1) is 17.7 Å². The summed E-state index contributed by atoms with van der Waals surface area (Å²) in [6, 6.07) is 5.54. The molecule has 2 unspecified atom stereocenters. The van der Waals surface area contributed by atoms with Crippen LogP contribution in [0.25, 0.3) is 0 Å². The van der Waals surface area contributed by atoms with Crippen molar-refractivity contribution in [2.75, 3.05) is 6.61 Å². The first-order valence-electron chi connectivity index (χ1n) is 10.3. The van der Waals surface area contributed by atoms with Gasteiger partial charge in [-0.05, 0) is 61.7 Å². The van der Waals surface area contributed by atoms with Gasteiger partial charge in [0, 0.05) is 11.1 Å². The molecule has 0 spiro atoms. The summed E-state index contributed by atoms with van der Waals surface area (Å²) in [6.45, 7) is 11.3. The summed E-state index contributed by atoms with van der Waals surface area (Å²) >= 11 is 5.98. The summed E-state index contributed by atoms with van der Waals surface area (Å²) in [4.78, 5) is 4.48. The zero-order valence-electron chi connectivity index (χ0n) is 18.3. The Morgan fingerprint density at radius 1 is 1.23 bits per heavy atom. The first kappa shape index (κ1) is 23.5. The number of piperidine rings is 1. The Morgan fingerprint density at radius 2 is 1.90 bits per heavy atom. The topological polar surface area (TPSA) is 72.6 Å². The largest absolute Gasteiger partial charge is 0.447 e. The van der Waals surface area contributed by atoms with E-state index in [1.807, 2.05) is 0 Å². The Bertz CT molecular complexity index is 940. The highest BCUT2D eigenvalue weighted by Gasteiger charge is 2.44. The van der Waals surface area contributed by atoms with Crippen molar-refractivity contribution in [3.8, 4) is 0 Å². The molecular formula is C21H31ClN2O4SSi. The predicted octanol–water partition coefficient (Wildman–Crippen LogP) is 5.63. The van der Waals surface area contributed by atoms with Crippen LogP contribution in [0, 0.1) is 0 Å². The van der Waals surface area contributed by atoms with Crippen LogP contribution >= 0.6 is 11.6 Å². The fourth-order valence-corrected chi connectivity index (χ4v) is 6.44. The summed E-state index contributed by atoms with van der Waals surface area (Å²) < 4.78 is 40.9. The molecule has 0 saturated carbocycles. The molecule has 0 aliphatic carbocycles. The van der Waals surface area contributed by atoms with Crippen LogP contribution in [0.4, 0.5) is 0 Å². The molecule has 6 nitrogen and oxygen atoms in total. The first-order chi connectivity index (χ1) is 13.9. The van der Waals surface area contributed by atoms with E-state index in [9.17, 15) is 8.42 Å². The highest BCUT2D eigenvalue weighted by atomic mass is 35.5. The van der Waals surface area contributed by atoms with Gasteiger partial charge in [0.15, 0.2) is 8.32 Å². The van der Waals surface area contributed by atoms with Crippen LogP contribution in [0.15, 0.2) is 46.0 Å². The molecule has 0 N–H and O–H groups in total. The van der Waals surface area contributed by atoms with Gasteiger partial charge in [0.2, 0.25) is 15.9 Å². The van der Waals surface area contributed by atoms with Gasteiger partial charge in [-0.1, -0.05) is 32.4 Å². The minimum absolute atomic E-state index is 0.0452. The smallest absolute Gasteiger partial charge is 0.244 e. The zero-order chi connectivity index (χ0) is 22.2. The van der Waals surface area contributed by atoms with Gasteiger partial charge in [-0.15, -0.1) is 0 Å². The van der Waals surface area contributed by atoms with E-state index in [4.69, 9.17) is 20.4 Å². The van der Waals surface area contributed by atoms with Gasteiger partial charge in [-0.3, -0.25) is 0 Å². The maximum absolute atomic E-state index is 13.7. The number of aromatic nitrogens is 1. The zero-order valence-corrected chi connectivity index (χ0v) is 20.8. The number of oxazole rings is 1. The second kappa shape index (κ2) is 8.74. The highest BCUT2D eigenvalue weighted by molar-refractivity contribution is 7.89. The van der Waals surface area contributed by atoms with Crippen LogP contribution in [0.1, 0.15) is 52.0 Å². The molecule has 3 rings (SSSR count). The molecule has 2 aromatic rings. The van der Waals surface area contributed by atoms with Gasteiger partial charge in [-0.2, -0.15) is 4.31 Å². The van der Waals surface area contributed by atoms with Crippen LogP contribution in [-0.2, 0) is 14.4 Å². The van der Waals surface area contributed by atoms with E-state index in [2.05, 4.69) is 38.8 Å². The quantitative estimate of drug-likeness (QED) is 0.511. The lowest BCUT2D eigenvalue weighted by Crippen LogP contribution is -2.51. The lowest BCUT2D eigenvalue weighted by molar-refractivity contribution is 0.106. The third-order valence-electron chi connectivity index (χ3n) is 6.25. The third-order valence-corrected chi connectivity index (χ3v) is 13.0. The van der Waals surface area contributed by atoms with E-state index in [1.54, 1.807) is 34.8 Å². The maximum atomic E-state index is 13.7. The average Bonchev–Trinajstić information content (AvgIpc) is 3.20. The summed E-state index contributed by atoms with van der Waals surface area (Å²) in [7, 11) is -5.83. The molecular weight excluding hydrogens is 440 g/mol. The van der Waals surface area contributed by atoms with E-state index in [-0.39, 0.29) is 16.0 Å². The first-order valence-corrected chi connectivity index (χ1v) is 15.0. The van der Waals surface area contributed by atoms with Crippen molar-refractivity contribution in [3.63, 3.8) is 0 Å². The molecule has 2 heterocycles. The standard InChI is InChI=1S/C21H31ClN2O4SSi/c1-21(2,3)30(4,5)28-15-17-7-6-8-19(20-23-13-14-27-20)24(17)29(25,26)18-11-9-16(22)10-12-18/h9-14,17,19H,6-8,15H2,1-5H3. The number of hydrogen-bond donors (Lipinski definition) is 0. The van der Waals surface area contributed by atoms with E-state index >= 15 is 0 Å². The van der Waals surface area contributed by atoms with Crippen molar-refractivity contribution < 1.29 is 17.3 Å². The fourth-order valence-electron chi connectivity index (χ4n) is 3.46. The Labute approximate surface area is 185 Å². The van der Waals surface area contributed by atoms with E-state index in [0.29, 0.717) is 23.9 Å². The molecule has 0 radical (unpaired) electrons. The summed E-state index contributed by atoms with van der Waals surface area (Å²) in [5.74, 6) is 0.421. The summed E-state index contributed by atoms with van der Waals surface area (Å²) in [5.41, 5.74) is 0. The number of hydrogen-bond acceptors (Lipinski definition) is 5. The molecule has 30 heavy (non-hydrogen) atoms. The van der Waals surface area contributed by atoms with Crippen molar-refractivity contribution >= 4 is 29.9 Å². The molecule has 1 aliphatic heterocycles. The van der Waals surface area contributed by atoms with Crippen LogP contribution in [0.5, 0.6) is 0 Å². The molecule has 1 aliphatic rings. The molecule has 0 amide bonds. The number of nitrogens with zero attached hydrogens (tertiary/aromatic N) is 2. The third kappa shape index (κ3) is 4.83. The molecule has 1 saturated heterocycles. The molecule has 166 valence electrons. The Balaban J connectivity index is 1.97. The van der Waals surface area contributed by atoms with Crippen molar-refractivity contribution in [3.05, 3.63) is 47.6 Å². The molecule has 1 aromatic heterocycles. The number of sulfonamides is 1. The summed E-state index contributed by atoms with van der Waals surface area (Å²) in [6.07, 6.45) is 5.31. The normalized spacial score (nSPS) is 21.7. The molecule has 1 fully saturated rings. The fraction of sp³-hybridized carbons (Fsp3) is 0.571. The van der Waals surface area contributed by atoms with E-state index < -0.39 is 24.4 Å². The van der Waals surface area contributed by atoms with Crippen molar-refractivity contribution in [1.82, 2.24) is 9.29 Å². The van der Waals surface area contributed by atoms with Gasteiger partial charge >= 0.3 is 0 Å². The Kier molecular flexibility index (Phi) is 6.84. The molecule has 2 atom stereocenters. The van der Waals surface area contributed by atoms with Crippen LogP contribution in [-0.4, -0.2) is 38.7 Å². The number of rotatable bonds is 6. The van der Waals surface area contributed by atoms with Crippen LogP contribution in [0.3, 0.4) is 0 Å². The second-order valence-corrected chi connectivity index (χ2v) is 16.4. The van der Waals surface area contributed by atoms with E-state index in [0.717, 1.165) is 12.8 Å². The number of halogens is 1. The van der Waals surface area contributed by atoms with Crippen molar-refractivity contribution in [2.24, 2.45) is 0 Å². The Morgan fingerprint density at radius 3 is 2.47 bits per heavy atom. The van der Waals surface area contributed by atoms with Gasteiger partial charge in [-0.25, -0.2) is 13.4 Å². The maximum Gasteiger partial charge on any atom is 0.244 e. The molecule has 0 bridgehead atoms. The molecule has 9 heteroatoms. The van der Waals surface area contributed by atoms with Gasteiger partial charge < -0.3 is 8.84 Å². The summed E-state index contributed by atoms with van der Waals surface area (Å²) in [5, 5.41) is 0.540. The van der Waals surface area contributed by atoms with Crippen molar-refractivity contribution in [1.29, 1.82) is 0 Å². The monoisotopic (exact) mass is 470 g/mol. The lowest BCUT2D eigenvalue weighted by Gasteiger charge is -2.42. The van der Waals surface area contributed by atoms with Crippen LogP contribution in [0.2, 0.25) is 23.2 Å². The number of benzene rings is 1. The molecule has 1 aromatic carbocycles. The lowest BCUT2D eigenvalue weighted by atomic mass is 9.99. The average molecular weight is 471 g/mol. The minimum Gasteiger partial charge on any atom is -0.447 e. The van der Waals surface area contributed by atoms with Gasteiger partial charge in [0.1, 0.15) is 12.3 Å². The van der Waals surface area contributed by atoms with Gasteiger partial charge in [0.25, 0.3) is 0 Å². The predicted molar refractivity (Wildman–Crippen MR) is 121 cm³/mol. The van der Waals surface area contributed by atoms with E-state index in [1.165, 1.54) is 6.26 Å². The van der Waals surface area contributed by atoms with Crippen LogP contribution < -0.4 is 0 Å². The van der Waals surface area contributed by atoms with Crippen molar-refractivity contribution in [2.45, 2.75) is 75.1 Å². The SMILES string of the molecule is CC(C)(C)[Si](C)(C)OCC1CCCC(c2ncco2)N1S(=O)(=O)c1ccc(Cl)cc1. The Hall–Kier alpha value is -1.19. The highest BCUT2D eigenvalue weighted by Crippen LogP contribution is 2.41.